The third-order valence-corrected chi connectivity index (χ3v) is 3.81. The van der Waals surface area contributed by atoms with Gasteiger partial charge in [-0.15, -0.1) is 0 Å². The molecule has 3 aromatic heterocycles. The number of halogens is 1. The molecule has 0 bridgehead atoms. The summed E-state index contributed by atoms with van der Waals surface area (Å²) in [6.45, 7) is 4.27. The number of hydrogen-bond donors (Lipinski definition) is 2. The number of aryl methyl sites for hydroxylation is 2. The number of rotatable bonds is 3. The summed E-state index contributed by atoms with van der Waals surface area (Å²) >= 11 is 3.42. The molecule has 0 saturated heterocycles. The van der Waals surface area contributed by atoms with E-state index in [-0.39, 0.29) is 5.91 Å². The average molecular weight is 347 g/mol. The number of fused-ring (bicyclic) bond motifs is 1. The van der Waals surface area contributed by atoms with Crippen LogP contribution in [0.3, 0.4) is 0 Å². The zero-order valence-electron chi connectivity index (χ0n) is 11.8. The van der Waals surface area contributed by atoms with Crippen LogP contribution in [0.25, 0.3) is 5.52 Å². The van der Waals surface area contributed by atoms with E-state index in [1.165, 1.54) is 0 Å². The molecule has 3 heterocycles. The number of hydrogen-bond acceptors (Lipinski definition) is 2. The Kier molecular flexibility index (Phi) is 3.55. The minimum Gasteiger partial charge on any atom is -0.346 e. The molecule has 5 nitrogen and oxygen atoms in total. The third kappa shape index (κ3) is 2.85. The molecule has 0 unspecified atom stereocenters. The Morgan fingerprint density at radius 1 is 1.38 bits per heavy atom. The molecule has 0 aliphatic heterocycles. The average Bonchev–Trinajstić information content (AvgIpc) is 2.98. The number of aromatic nitrogens is 3. The van der Waals surface area contributed by atoms with Gasteiger partial charge < -0.3 is 14.7 Å². The van der Waals surface area contributed by atoms with E-state index >= 15 is 0 Å². The molecule has 3 rings (SSSR count). The summed E-state index contributed by atoms with van der Waals surface area (Å²) in [7, 11) is 0. The summed E-state index contributed by atoms with van der Waals surface area (Å²) in [4.78, 5) is 19.7. The molecule has 6 heteroatoms. The van der Waals surface area contributed by atoms with Crippen LogP contribution >= 0.6 is 15.9 Å². The Morgan fingerprint density at radius 2 is 2.19 bits per heavy atom. The number of nitrogens with zero attached hydrogens (tertiary/aromatic N) is 2. The number of carbonyl (C=O) groups is 1. The first-order chi connectivity index (χ1) is 10.0. The van der Waals surface area contributed by atoms with Crippen LogP contribution in [0.5, 0.6) is 0 Å². The molecule has 21 heavy (non-hydrogen) atoms. The van der Waals surface area contributed by atoms with Gasteiger partial charge in [0.2, 0.25) is 0 Å². The van der Waals surface area contributed by atoms with E-state index in [0.29, 0.717) is 12.1 Å². The van der Waals surface area contributed by atoms with Crippen molar-refractivity contribution in [3.8, 4) is 0 Å². The number of H-pyrrole nitrogens is 1. The Balaban J connectivity index is 1.76. The van der Waals surface area contributed by atoms with E-state index in [2.05, 4.69) is 31.2 Å². The van der Waals surface area contributed by atoms with E-state index in [9.17, 15) is 4.79 Å². The topological polar surface area (TPSA) is 62.2 Å². The van der Waals surface area contributed by atoms with Gasteiger partial charge in [0.05, 0.1) is 17.8 Å². The molecule has 0 aromatic carbocycles. The lowest BCUT2D eigenvalue weighted by Gasteiger charge is -2.01. The molecule has 0 saturated carbocycles. The fraction of sp³-hybridized carbons (Fsp3) is 0.200. The lowest BCUT2D eigenvalue weighted by molar-refractivity contribution is 0.0950. The second-order valence-electron chi connectivity index (χ2n) is 4.98. The lowest BCUT2D eigenvalue weighted by Crippen LogP contribution is -2.22. The number of amides is 1. The number of nitrogens with one attached hydrogen (secondary N) is 2. The Hall–Kier alpha value is -2.08. The largest absolute Gasteiger partial charge is 0.346 e. The van der Waals surface area contributed by atoms with Crippen LogP contribution in [-0.4, -0.2) is 20.3 Å². The van der Waals surface area contributed by atoms with Crippen LogP contribution < -0.4 is 5.32 Å². The highest BCUT2D eigenvalue weighted by Gasteiger charge is 2.10. The molecular weight excluding hydrogens is 332 g/mol. The molecule has 0 fully saturated rings. The monoisotopic (exact) mass is 346 g/mol. The SMILES string of the molecule is Cc1nc(CNC(=O)c2cc3ccc(Br)cn3c2)c(C)[nH]1. The van der Waals surface area contributed by atoms with Crippen molar-refractivity contribution < 1.29 is 4.79 Å². The summed E-state index contributed by atoms with van der Waals surface area (Å²) in [5.74, 6) is 0.756. The van der Waals surface area contributed by atoms with Crippen molar-refractivity contribution in [3.05, 3.63) is 57.8 Å². The number of imidazole rings is 1. The maximum absolute atomic E-state index is 12.2. The van der Waals surface area contributed by atoms with Gasteiger partial charge >= 0.3 is 0 Å². The summed E-state index contributed by atoms with van der Waals surface area (Å²) in [6.07, 6.45) is 3.74. The van der Waals surface area contributed by atoms with Gasteiger partial charge in [0.1, 0.15) is 5.82 Å². The second kappa shape index (κ2) is 5.37. The molecule has 0 aliphatic rings. The minimum atomic E-state index is -0.102. The molecular formula is C15H15BrN4O. The summed E-state index contributed by atoms with van der Waals surface area (Å²) in [6, 6.07) is 5.78. The van der Waals surface area contributed by atoms with Crippen LogP contribution in [0.15, 0.2) is 35.1 Å². The minimum absolute atomic E-state index is 0.102. The number of carbonyl (C=O) groups excluding carboxylic acids is 1. The summed E-state index contributed by atoms with van der Waals surface area (Å²) in [5, 5.41) is 2.90. The van der Waals surface area contributed by atoms with Gasteiger partial charge in [0, 0.05) is 28.1 Å². The van der Waals surface area contributed by atoms with Gasteiger partial charge in [-0.3, -0.25) is 4.79 Å². The summed E-state index contributed by atoms with van der Waals surface area (Å²) in [5.41, 5.74) is 3.47. The van der Waals surface area contributed by atoms with Gasteiger partial charge in [0.25, 0.3) is 5.91 Å². The predicted molar refractivity (Wildman–Crippen MR) is 84.3 cm³/mol. The van der Waals surface area contributed by atoms with Gasteiger partial charge in [-0.2, -0.15) is 0 Å². The first kappa shape index (κ1) is 13.9. The van der Waals surface area contributed by atoms with Crippen LogP contribution in [-0.2, 0) is 6.54 Å². The first-order valence-corrected chi connectivity index (χ1v) is 7.40. The molecule has 0 aliphatic carbocycles. The van der Waals surface area contributed by atoms with Crippen molar-refractivity contribution in [2.24, 2.45) is 0 Å². The van der Waals surface area contributed by atoms with Crippen molar-refractivity contribution in [1.29, 1.82) is 0 Å². The molecule has 0 spiro atoms. The zero-order chi connectivity index (χ0) is 15.0. The molecule has 0 atom stereocenters. The zero-order valence-corrected chi connectivity index (χ0v) is 13.4. The second-order valence-corrected chi connectivity index (χ2v) is 5.90. The predicted octanol–water partition coefficient (Wildman–Crippen LogP) is 2.97. The molecule has 2 N–H and O–H groups in total. The fourth-order valence-corrected chi connectivity index (χ4v) is 2.66. The third-order valence-electron chi connectivity index (χ3n) is 3.34. The maximum Gasteiger partial charge on any atom is 0.253 e. The van der Waals surface area contributed by atoms with Gasteiger partial charge in [-0.25, -0.2) is 4.98 Å². The van der Waals surface area contributed by atoms with Gasteiger partial charge in [-0.1, -0.05) is 0 Å². The molecule has 3 aromatic rings. The molecule has 1 amide bonds. The van der Waals surface area contributed by atoms with Crippen LogP contribution in [0.2, 0.25) is 0 Å². The van der Waals surface area contributed by atoms with Gasteiger partial charge in [-0.05, 0) is 48.0 Å². The Labute approximate surface area is 130 Å². The van der Waals surface area contributed by atoms with Crippen molar-refractivity contribution >= 4 is 27.4 Å². The fourth-order valence-electron chi connectivity index (χ4n) is 2.30. The quantitative estimate of drug-likeness (QED) is 0.765. The Morgan fingerprint density at radius 3 is 2.90 bits per heavy atom. The highest BCUT2D eigenvalue weighted by Crippen LogP contribution is 2.15. The lowest BCUT2D eigenvalue weighted by atomic mass is 10.3. The van der Waals surface area contributed by atoms with E-state index in [4.69, 9.17) is 0 Å². The summed E-state index contributed by atoms with van der Waals surface area (Å²) < 4.78 is 2.89. The van der Waals surface area contributed by atoms with E-state index in [1.54, 1.807) is 0 Å². The van der Waals surface area contributed by atoms with Crippen LogP contribution in [0.1, 0.15) is 27.6 Å². The number of pyridine rings is 1. The number of aromatic amines is 1. The van der Waals surface area contributed by atoms with Crippen molar-refractivity contribution in [2.75, 3.05) is 0 Å². The van der Waals surface area contributed by atoms with E-state index in [0.717, 1.165) is 27.2 Å². The van der Waals surface area contributed by atoms with Gasteiger partial charge in [0.15, 0.2) is 0 Å². The van der Waals surface area contributed by atoms with Crippen molar-refractivity contribution in [3.63, 3.8) is 0 Å². The smallest absolute Gasteiger partial charge is 0.253 e. The molecule has 108 valence electrons. The normalized spacial score (nSPS) is 11.0. The van der Waals surface area contributed by atoms with Crippen molar-refractivity contribution in [1.82, 2.24) is 19.7 Å². The van der Waals surface area contributed by atoms with E-state index < -0.39 is 0 Å². The highest BCUT2D eigenvalue weighted by molar-refractivity contribution is 9.10. The highest BCUT2D eigenvalue weighted by atomic mass is 79.9. The molecule has 0 radical (unpaired) electrons. The standard InChI is InChI=1S/C15H15BrN4O/c1-9-14(19-10(2)18-9)6-17-15(21)11-5-13-4-3-12(16)8-20(13)7-11/h3-5,7-8H,6H2,1-2H3,(H,17,21)(H,18,19). The van der Waals surface area contributed by atoms with Crippen LogP contribution in [0, 0.1) is 13.8 Å². The first-order valence-electron chi connectivity index (χ1n) is 6.60. The van der Waals surface area contributed by atoms with Crippen LogP contribution in [0.4, 0.5) is 0 Å². The van der Waals surface area contributed by atoms with E-state index in [1.807, 2.05) is 48.8 Å². The van der Waals surface area contributed by atoms with Crippen molar-refractivity contribution in [2.45, 2.75) is 20.4 Å². The Bertz CT molecular complexity index is 818. The maximum atomic E-state index is 12.2.